The molecule has 2 unspecified atom stereocenters. The van der Waals surface area contributed by atoms with Crippen LogP contribution in [-0.4, -0.2) is 46.8 Å². The van der Waals surface area contributed by atoms with Gasteiger partial charge in [0.25, 0.3) is 0 Å². The molecule has 0 spiro atoms. The summed E-state index contributed by atoms with van der Waals surface area (Å²) in [4.78, 5) is 17.1. The van der Waals surface area contributed by atoms with Gasteiger partial charge in [0.2, 0.25) is 5.91 Å². The largest absolute Gasteiger partial charge is 0.368 e. The van der Waals surface area contributed by atoms with E-state index in [0.29, 0.717) is 11.8 Å². The molecule has 2 aromatic rings. The number of carbonyl (C=O) groups excluding carboxylic acids is 1. The second kappa shape index (κ2) is 5.72. The van der Waals surface area contributed by atoms with Crippen LogP contribution in [0.1, 0.15) is 17.9 Å². The van der Waals surface area contributed by atoms with E-state index in [1.807, 2.05) is 35.1 Å². The van der Waals surface area contributed by atoms with Gasteiger partial charge in [-0.2, -0.15) is 5.10 Å². The van der Waals surface area contributed by atoms with Crippen LogP contribution in [0.2, 0.25) is 0 Å². The van der Waals surface area contributed by atoms with E-state index in [-0.39, 0.29) is 5.92 Å². The number of anilines is 1. The SMILES string of the molecule is Cn1cc(C2CC2C(=O)N2CCN(c3ccccc3)CC2)cn1. The zero-order valence-electron chi connectivity index (χ0n) is 13.4. The Kier molecular flexibility index (Phi) is 3.56. The highest BCUT2D eigenvalue weighted by molar-refractivity contribution is 5.83. The summed E-state index contributed by atoms with van der Waals surface area (Å²) in [6.07, 6.45) is 4.90. The Hall–Kier alpha value is -2.30. The number of aromatic nitrogens is 2. The average molecular weight is 310 g/mol. The van der Waals surface area contributed by atoms with Crippen molar-refractivity contribution in [1.29, 1.82) is 0 Å². The Morgan fingerprint density at radius 3 is 2.52 bits per heavy atom. The Morgan fingerprint density at radius 1 is 1.13 bits per heavy atom. The van der Waals surface area contributed by atoms with Gasteiger partial charge < -0.3 is 9.80 Å². The minimum atomic E-state index is 0.169. The summed E-state index contributed by atoms with van der Waals surface area (Å²) >= 11 is 0. The van der Waals surface area contributed by atoms with E-state index < -0.39 is 0 Å². The maximum atomic E-state index is 12.7. The molecule has 4 rings (SSSR count). The maximum Gasteiger partial charge on any atom is 0.226 e. The van der Waals surface area contributed by atoms with Gasteiger partial charge in [0.1, 0.15) is 0 Å². The first kappa shape index (κ1) is 14.3. The number of para-hydroxylation sites is 1. The van der Waals surface area contributed by atoms with E-state index in [1.54, 1.807) is 0 Å². The van der Waals surface area contributed by atoms with Gasteiger partial charge in [0.05, 0.1) is 6.20 Å². The third-order valence-corrected chi connectivity index (χ3v) is 4.97. The molecule has 1 aliphatic heterocycles. The number of amides is 1. The quantitative estimate of drug-likeness (QED) is 0.869. The number of carbonyl (C=O) groups is 1. The number of nitrogens with zero attached hydrogens (tertiary/aromatic N) is 4. The lowest BCUT2D eigenvalue weighted by Gasteiger charge is -2.36. The van der Waals surface area contributed by atoms with E-state index in [1.165, 1.54) is 11.3 Å². The molecule has 0 bridgehead atoms. The average Bonchev–Trinajstić information content (AvgIpc) is 3.29. The molecule has 2 fully saturated rings. The summed E-state index contributed by atoms with van der Waals surface area (Å²) in [6, 6.07) is 10.4. The number of hydrogen-bond acceptors (Lipinski definition) is 3. The van der Waals surface area contributed by atoms with Gasteiger partial charge in [0.15, 0.2) is 0 Å². The summed E-state index contributed by atoms with van der Waals surface area (Å²) in [5.74, 6) is 0.873. The van der Waals surface area contributed by atoms with E-state index >= 15 is 0 Å². The third-order valence-electron chi connectivity index (χ3n) is 4.97. The molecule has 2 atom stereocenters. The highest BCUT2D eigenvalue weighted by atomic mass is 16.2. The van der Waals surface area contributed by atoms with Crippen molar-refractivity contribution in [2.75, 3.05) is 31.1 Å². The summed E-state index contributed by atoms with van der Waals surface area (Å²) < 4.78 is 1.81. The highest BCUT2D eigenvalue weighted by Gasteiger charge is 2.46. The molecule has 120 valence electrons. The van der Waals surface area contributed by atoms with Crippen molar-refractivity contribution >= 4 is 11.6 Å². The van der Waals surface area contributed by atoms with Crippen LogP contribution in [0.25, 0.3) is 0 Å². The number of benzene rings is 1. The van der Waals surface area contributed by atoms with Crippen molar-refractivity contribution in [2.24, 2.45) is 13.0 Å². The first-order valence-electron chi connectivity index (χ1n) is 8.30. The molecule has 1 aromatic carbocycles. The van der Waals surface area contributed by atoms with Crippen molar-refractivity contribution in [1.82, 2.24) is 14.7 Å². The smallest absolute Gasteiger partial charge is 0.226 e. The van der Waals surface area contributed by atoms with Gasteiger partial charge >= 0.3 is 0 Å². The monoisotopic (exact) mass is 310 g/mol. The molecule has 0 radical (unpaired) electrons. The molecule has 5 nitrogen and oxygen atoms in total. The first-order chi connectivity index (χ1) is 11.2. The van der Waals surface area contributed by atoms with Crippen LogP contribution in [0.4, 0.5) is 5.69 Å². The zero-order chi connectivity index (χ0) is 15.8. The van der Waals surface area contributed by atoms with Crippen molar-refractivity contribution < 1.29 is 4.79 Å². The molecule has 2 aliphatic rings. The molecule has 1 saturated carbocycles. The Balaban J connectivity index is 1.33. The van der Waals surface area contributed by atoms with Crippen LogP contribution in [0.5, 0.6) is 0 Å². The molecule has 1 aromatic heterocycles. The van der Waals surface area contributed by atoms with E-state index in [0.717, 1.165) is 32.6 Å². The van der Waals surface area contributed by atoms with Crippen LogP contribution < -0.4 is 4.90 Å². The lowest BCUT2D eigenvalue weighted by molar-refractivity contribution is -0.132. The molecular weight excluding hydrogens is 288 g/mol. The second-order valence-corrected chi connectivity index (χ2v) is 6.54. The van der Waals surface area contributed by atoms with Gasteiger partial charge in [0, 0.05) is 51.0 Å². The topological polar surface area (TPSA) is 41.4 Å². The molecular formula is C18H22N4O. The number of piperazine rings is 1. The van der Waals surface area contributed by atoms with Gasteiger partial charge in [-0.15, -0.1) is 0 Å². The van der Waals surface area contributed by atoms with E-state index in [9.17, 15) is 4.79 Å². The van der Waals surface area contributed by atoms with E-state index in [2.05, 4.69) is 34.3 Å². The molecule has 1 amide bonds. The summed E-state index contributed by atoms with van der Waals surface area (Å²) in [6.45, 7) is 3.48. The summed E-state index contributed by atoms with van der Waals surface area (Å²) in [7, 11) is 1.92. The maximum absolute atomic E-state index is 12.7. The zero-order valence-corrected chi connectivity index (χ0v) is 13.4. The third kappa shape index (κ3) is 2.83. The minimum absolute atomic E-state index is 0.169. The Bertz CT molecular complexity index is 688. The van der Waals surface area contributed by atoms with Gasteiger partial charge in [-0.25, -0.2) is 0 Å². The fraction of sp³-hybridized carbons (Fsp3) is 0.444. The van der Waals surface area contributed by atoms with Crippen molar-refractivity contribution in [3.05, 3.63) is 48.3 Å². The fourth-order valence-electron chi connectivity index (χ4n) is 3.53. The van der Waals surface area contributed by atoms with Gasteiger partial charge in [-0.05, 0) is 30.0 Å². The van der Waals surface area contributed by atoms with Crippen LogP contribution >= 0.6 is 0 Å². The second-order valence-electron chi connectivity index (χ2n) is 6.54. The molecule has 23 heavy (non-hydrogen) atoms. The van der Waals surface area contributed by atoms with Crippen LogP contribution in [0, 0.1) is 5.92 Å². The molecule has 1 aliphatic carbocycles. The van der Waals surface area contributed by atoms with E-state index in [4.69, 9.17) is 0 Å². The van der Waals surface area contributed by atoms with Gasteiger partial charge in [-0.1, -0.05) is 18.2 Å². The lowest BCUT2D eigenvalue weighted by Crippen LogP contribution is -2.49. The van der Waals surface area contributed by atoms with Crippen molar-refractivity contribution in [2.45, 2.75) is 12.3 Å². The Labute approximate surface area is 136 Å². The first-order valence-corrected chi connectivity index (χ1v) is 8.30. The lowest BCUT2D eigenvalue weighted by atomic mass is 10.1. The molecule has 0 N–H and O–H groups in total. The predicted octanol–water partition coefficient (Wildman–Crippen LogP) is 1.87. The molecule has 2 heterocycles. The number of hydrogen-bond donors (Lipinski definition) is 0. The normalized spacial score (nSPS) is 23.9. The summed E-state index contributed by atoms with van der Waals surface area (Å²) in [5, 5.41) is 4.21. The highest BCUT2D eigenvalue weighted by Crippen LogP contribution is 2.48. The summed E-state index contributed by atoms with van der Waals surface area (Å²) in [5.41, 5.74) is 2.45. The van der Waals surface area contributed by atoms with Crippen molar-refractivity contribution in [3.8, 4) is 0 Å². The van der Waals surface area contributed by atoms with Crippen LogP contribution in [-0.2, 0) is 11.8 Å². The number of rotatable bonds is 3. The Morgan fingerprint density at radius 2 is 1.87 bits per heavy atom. The van der Waals surface area contributed by atoms with Crippen molar-refractivity contribution in [3.63, 3.8) is 0 Å². The molecule has 5 heteroatoms. The minimum Gasteiger partial charge on any atom is -0.368 e. The van der Waals surface area contributed by atoms with Gasteiger partial charge in [-0.3, -0.25) is 9.48 Å². The number of aryl methyl sites for hydroxylation is 1. The standard InChI is InChI=1S/C18H22N4O/c1-20-13-14(12-19-20)16-11-17(16)18(23)22-9-7-21(8-10-22)15-5-3-2-4-6-15/h2-6,12-13,16-17H,7-11H2,1H3. The van der Waals surface area contributed by atoms with Crippen LogP contribution in [0.3, 0.4) is 0 Å². The fourth-order valence-corrected chi connectivity index (χ4v) is 3.53. The van der Waals surface area contributed by atoms with Crippen LogP contribution in [0.15, 0.2) is 42.7 Å². The molecule has 1 saturated heterocycles. The predicted molar refractivity (Wildman–Crippen MR) is 89.3 cm³/mol.